The first-order valence-corrected chi connectivity index (χ1v) is 14.7. The zero-order valence-electron chi connectivity index (χ0n) is 23.5. The minimum atomic E-state index is -0.205. The fraction of sp³-hybridized carbons (Fsp3) is 0.548. The second-order valence-electron chi connectivity index (χ2n) is 11.5. The zero-order valence-corrected chi connectivity index (χ0v) is 23.5. The van der Waals surface area contributed by atoms with Gasteiger partial charge in [-0.2, -0.15) is 15.2 Å². The van der Waals surface area contributed by atoms with Crippen molar-refractivity contribution < 1.29 is 9.53 Å². The van der Waals surface area contributed by atoms with Crippen LogP contribution in [0.4, 0.5) is 11.5 Å². The van der Waals surface area contributed by atoms with Crippen LogP contribution in [0.5, 0.6) is 6.01 Å². The van der Waals surface area contributed by atoms with Crippen LogP contribution in [-0.2, 0) is 24.1 Å². The number of ether oxygens (including phenoxy) is 1. The number of nitrogens with zero attached hydrogens (tertiary/aromatic N) is 7. The first-order valence-electron chi connectivity index (χ1n) is 14.7. The highest BCUT2D eigenvalue weighted by Gasteiger charge is 2.35. The molecule has 6 rings (SSSR count). The molecule has 40 heavy (non-hydrogen) atoms. The minimum Gasteiger partial charge on any atom is -0.462 e. The van der Waals surface area contributed by atoms with Crippen molar-refractivity contribution in [2.75, 3.05) is 56.2 Å². The SMILES string of the molecule is C=CC(=O)N1CCN(c2nc(OCC3CCCN3C)nc3c2CCC(N2CCc4ccccc42)C3)C[C@@H]1CC#N. The lowest BCUT2D eigenvalue weighted by Gasteiger charge is -2.42. The van der Waals surface area contributed by atoms with Crippen LogP contribution in [0.3, 0.4) is 0 Å². The van der Waals surface area contributed by atoms with Crippen molar-refractivity contribution in [2.45, 2.75) is 63.1 Å². The highest BCUT2D eigenvalue weighted by molar-refractivity contribution is 5.87. The molecule has 4 aliphatic rings. The third-order valence-electron chi connectivity index (χ3n) is 9.21. The number of rotatable bonds is 7. The predicted molar refractivity (Wildman–Crippen MR) is 155 cm³/mol. The summed E-state index contributed by atoms with van der Waals surface area (Å²) in [5.41, 5.74) is 5.04. The Bertz CT molecular complexity index is 1310. The van der Waals surface area contributed by atoms with Crippen LogP contribution in [0.15, 0.2) is 36.9 Å². The Morgan fingerprint density at radius 2 is 2.02 bits per heavy atom. The third kappa shape index (κ3) is 5.13. The smallest absolute Gasteiger partial charge is 0.318 e. The summed E-state index contributed by atoms with van der Waals surface area (Å²) in [6, 6.07) is 12.0. The normalized spacial score (nSPS) is 24.4. The summed E-state index contributed by atoms with van der Waals surface area (Å²) in [5.74, 6) is 0.789. The topological polar surface area (TPSA) is 88.8 Å². The largest absolute Gasteiger partial charge is 0.462 e. The molecule has 210 valence electrons. The quantitative estimate of drug-likeness (QED) is 0.495. The Labute approximate surface area is 237 Å². The number of carbonyl (C=O) groups is 1. The molecule has 2 unspecified atom stereocenters. The predicted octanol–water partition coefficient (Wildman–Crippen LogP) is 2.99. The molecule has 1 aromatic heterocycles. The number of para-hydroxylation sites is 1. The van der Waals surface area contributed by atoms with Gasteiger partial charge in [0.05, 0.1) is 24.2 Å². The third-order valence-corrected chi connectivity index (χ3v) is 9.21. The van der Waals surface area contributed by atoms with Crippen LogP contribution in [0.25, 0.3) is 0 Å². The van der Waals surface area contributed by atoms with Crippen molar-refractivity contribution >= 4 is 17.4 Å². The van der Waals surface area contributed by atoms with E-state index in [9.17, 15) is 10.1 Å². The second-order valence-corrected chi connectivity index (χ2v) is 11.5. The summed E-state index contributed by atoms with van der Waals surface area (Å²) in [6.45, 7) is 8.12. The highest BCUT2D eigenvalue weighted by atomic mass is 16.5. The molecule has 0 spiro atoms. The van der Waals surface area contributed by atoms with E-state index in [0.29, 0.717) is 44.3 Å². The average molecular weight is 542 g/mol. The Hall–Kier alpha value is -3.64. The lowest BCUT2D eigenvalue weighted by molar-refractivity contribution is -0.128. The molecular weight excluding hydrogens is 502 g/mol. The monoisotopic (exact) mass is 541 g/mol. The maximum absolute atomic E-state index is 12.5. The summed E-state index contributed by atoms with van der Waals surface area (Å²) >= 11 is 0. The Balaban J connectivity index is 1.29. The summed E-state index contributed by atoms with van der Waals surface area (Å²) in [6.07, 6.45) is 7.82. The van der Waals surface area contributed by atoms with Gasteiger partial charge in [-0.05, 0) is 63.4 Å². The van der Waals surface area contributed by atoms with Gasteiger partial charge in [0.1, 0.15) is 12.4 Å². The van der Waals surface area contributed by atoms with Crippen molar-refractivity contribution in [1.82, 2.24) is 19.8 Å². The van der Waals surface area contributed by atoms with Gasteiger partial charge in [-0.15, -0.1) is 0 Å². The summed E-state index contributed by atoms with van der Waals surface area (Å²) in [7, 11) is 2.15. The molecule has 0 radical (unpaired) electrons. The molecule has 0 saturated carbocycles. The molecule has 3 aliphatic heterocycles. The number of benzene rings is 1. The molecule has 3 atom stereocenters. The molecule has 1 aromatic carbocycles. The van der Waals surface area contributed by atoms with E-state index in [1.54, 1.807) is 4.90 Å². The van der Waals surface area contributed by atoms with Crippen LogP contribution in [0, 0.1) is 11.3 Å². The van der Waals surface area contributed by atoms with Gasteiger partial charge in [-0.25, -0.2) is 0 Å². The van der Waals surface area contributed by atoms with Gasteiger partial charge in [-0.3, -0.25) is 4.79 Å². The average Bonchev–Trinajstić information content (AvgIpc) is 3.61. The Morgan fingerprint density at radius 3 is 2.83 bits per heavy atom. The van der Waals surface area contributed by atoms with E-state index in [1.165, 1.54) is 29.3 Å². The van der Waals surface area contributed by atoms with Crippen LogP contribution in [-0.4, -0.2) is 90.2 Å². The molecule has 1 aliphatic carbocycles. The van der Waals surface area contributed by atoms with Gasteiger partial charge in [-0.1, -0.05) is 24.8 Å². The molecule has 4 heterocycles. The van der Waals surface area contributed by atoms with E-state index in [-0.39, 0.29) is 18.4 Å². The van der Waals surface area contributed by atoms with Crippen molar-refractivity contribution in [2.24, 2.45) is 0 Å². The van der Waals surface area contributed by atoms with Crippen molar-refractivity contribution in [3.8, 4) is 12.1 Å². The number of aromatic nitrogens is 2. The van der Waals surface area contributed by atoms with Crippen molar-refractivity contribution in [3.63, 3.8) is 0 Å². The molecular formula is C31H39N7O2. The summed E-state index contributed by atoms with van der Waals surface area (Å²) in [5, 5.41) is 9.50. The Kier molecular flexibility index (Phi) is 7.61. The first-order chi connectivity index (χ1) is 19.6. The van der Waals surface area contributed by atoms with Crippen LogP contribution >= 0.6 is 0 Å². The highest BCUT2D eigenvalue weighted by Crippen LogP contribution is 2.37. The standard InChI is InChI=1S/C31H39N7O2/c1-3-29(39)38-18-17-36(20-24(38)12-14-32)30-26-11-10-23(37-16-13-22-7-4-5-9-28(22)37)19-27(26)33-31(34-30)40-21-25-8-6-15-35(25)2/h3-5,7,9,23-25H,1,6,8,10-13,15-21H2,2H3/t23?,24-,25?/m0/s1. The summed E-state index contributed by atoms with van der Waals surface area (Å²) in [4.78, 5) is 31.4. The minimum absolute atomic E-state index is 0.122. The van der Waals surface area contributed by atoms with E-state index in [1.807, 2.05) is 0 Å². The fourth-order valence-electron chi connectivity index (χ4n) is 6.99. The summed E-state index contributed by atoms with van der Waals surface area (Å²) < 4.78 is 6.29. The maximum atomic E-state index is 12.5. The number of nitriles is 1. The lowest BCUT2D eigenvalue weighted by Crippen LogP contribution is -2.55. The number of likely N-dealkylation sites (N-methyl/N-ethyl adjacent to an activating group) is 1. The molecule has 2 fully saturated rings. The van der Waals surface area contributed by atoms with Gasteiger partial charge in [0.2, 0.25) is 5.91 Å². The van der Waals surface area contributed by atoms with E-state index in [4.69, 9.17) is 14.7 Å². The van der Waals surface area contributed by atoms with E-state index >= 15 is 0 Å². The number of piperazine rings is 1. The number of carbonyl (C=O) groups excluding carboxylic acids is 1. The molecule has 0 bridgehead atoms. The number of anilines is 2. The number of hydrogen-bond acceptors (Lipinski definition) is 8. The Morgan fingerprint density at radius 1 is 1.15 bits per heavy atom. The van der Waals surface area contributed by atoms with Gasteiger partial charge < -0.3 is 24.3 Å². The second kappa shape index (κ2) is 11.5. The number of amides is 1. The van der Waals surface area contributed by atoms with Crippen LogP contribution in [0.1, 0.15) is 42.5 Å². The molecule has 9 heteroatoms. The van der Waals surface area contributed by atoms with Crippen molar-refractivity contribution in [3.05, 3.63) is 53.7 Å². The lowest BCUT2D eigenvalue weighted by atomic mass is 9.90. The molecule has 2 aromatic rings. The zero-order chi connectivity index (χ0) is 27.6. The fourth-order valence-corrected chi connectivity index (χ4v) is 6.99. The van der Waals surface area contributed by atoms with E-state index in [2.05, 4.69) is 58.7 Å². The molecule has 9 nitrogen and oxygen atoms in total. The van der Waals surface area contributed by atoms with Gasteiger partial charge >= 0.3 is 6.01 Å². The molecule has 1 amide bonds. The van der Waals surface area contributed by atoms with Crippen molar-refractivity contribution in [1.29, 1.82) is 5.26 Å². The number of fused-ring (bicyclic) bond motifs is 2. The van der Waals surface area contributed by atoms with Gasteiger partial charge in [0, 0.05) is 55.9 Å². The number of hydrogen-bond donors (Lipinski definition) is 0. The molecule has 0 N–H and O–H groups in total. The van der Waals surface area contributed by atoms with Crippen LogP contribution in [0.2, 0.25) is 0 Å². The number of likely N-dealkylation sites (tertiary alicyclic amines) is 1. The first kappa shape index (κ1) is 26.6. The van der Waals surface area contributed by atoms with E-state index < -0.39 is 0 Å². The van der Waals surface area contributed by atoms with Gasteiger partial charge in [0.25, 0.3) is 0 Å². The van der Waals surface area contributed by atoms with Gasteiger partial charge in [0.15, 0.2) is 0 Å². The van der Waals surface area contributed by atoms with E-state index in [0.717, 1.165) is 56.7 Å². The van der Waals surface area contributed by atoms with Crippen LogP contribution < -0.4 is 14.5 Å². The maximum Gasteiger partial charge on any atom is 0.318 e. The molecule has 2 saturated heterocycles.